The predicted octanol–water partition coefficient (Wildman–Crippen LogP) is 4.26. The summed E-state index contributed by atoms with van der Waals surface area (Å²) in [5.74, 6) is -1.44. The number of anilines is 2. The van der Waals surface area contributed by atoms with Gasteiger partial charge in [-0.1, -0.05) is 6.07 Å². The molecule has 0 amide bonds. The SMILES string of the molecule is CC(c1c(F)cccc1F)N1CCC(CC#N)(Nc2cc[nH]c(=O)c2C(=N)Nc2ccc(S(=O)(=O)N(C)C)cc2)CC1. The van der Waals surface area contributed by atoms with Gasteiger partial charge in [0, 0.05) is 50.7 Å². The quantitative estimate of drug-likeness (QED) is 0.213. The Morgan fingerprint density at radius 1 is 1.14 bits per heavy atom. The number of amidine groups is 1. The second kappa shape index (κ2) is 12.4. The molecule has 2 heterocycles. The molecule has 2 aromatic carbocycles. The highest BCUT2D eigenvalue weighted by atomic mass is 32.2. The molecule has 0 aliphatic carbocycles. The zero-order valence-electron chi connectivity index (χ0n) is 23.5. The van der Waals surface area contributed by atoms with E-state index in [-0.39, 0.29) is 28.3 Å². The second-order valence-corrected chi connectivity index (χ2v) is 12.6. The van der Waals surface area contributed by atoms with E-state index in [1.807, 2.05) is 4.90 Å². The van der Waals surface area contributed by atoms with Crippen LogP contribution in [0.3, 0.4) is 0 Å². The highest BCUT2D eigenvalue weighted by Crippen LogP contribution is 2.35. The molecule has 0 bridgehead atoms. The number of H-pyrrole nitrogens is 1. The van der Waals surface area contributed by atoms with Crippen molar-refractivity contribution in [3.05, 3.63) is 87.8 Å². The number of benzene rings is 2. The smallest absolute Gasteiger partial charge is 0.261 e. The third-order valence-corrected chi connectivity index (χ3v) is 9.48. The highest BCUT2D eigenvalue weighted by Gasteiger charge is 2.37. The Kier molecular flexibility index (Phi) is 9.10. The fourth-order valence-corrected chi connectivity index (χ4v) is 6.08. The van der Waals surface area contributed by atoms with Gasteiger partial charge in [-0.2, -0.15) is 5.26 Å². The highest BCUT2D eigenvalue weighted by molar-refractivity contribution is 7.89. The number of aromatic amines is 1. The van der Waals surface area contributed by atoms with E-state index in [1.54, 1.807) is 13.0 Å². The number of nitrogens with one attached hydrogen (secondary N) is 4. The van der Waals surface area contributed by atoms with Crippen molar-refractivity contribution in [1.29, 1.82) is 10.7 Å². The minimum atomic E-state index is -3.63. The second-order valence-electron chi connectivity index (χ2n) is 10.5. The van der Waals surface area contributed by atoms with Crippen LogP contribution >= 0.6 is 0 Å². The largest absolute Gasteiger partial charge is 0.378 e. The Hall–Kier alpha value is -4.12. The molecule has 4 rings (SSSR count). The van der Waals surface area contributed by atoms with Crippen LogP contribution in [0, 0.1) is 28.4 Å². The zero-order chi connectivity index (χ0) is 30.7. The molecule has 1 aliphatic heterocycles. The molecule has 3 aromatic rings. The maximum Gasteiger partial charge on any atom is 0.261 e. The minimum Gasteiger partial charge on any atom is -0.378 e. The maximum atomic E-state index is 14.4. The Balaban J connectivity index is 1.54. The monoisotopic (exact) mass is 597 g/mol. The molecular formula is C29H33F2N7O3S. The first-order valence-electron chi connectivity index (χ1n) is 13.3. The lowest BCUT2D eigenvalue weighted by atomic mass is 9.83. The van der Waals surface area contributed by atoms with E-state index >= 15 is 0 Å². The Bertz CT molecular complexity index is 1640. The van der Waals surface area contributed by atoms with Crippen LogP contribution in [0.4, 0.5) is 20.2 Å². The molecule has 0 spiro atoms. The Morgan fingerprint density at radius 2 is 1.76 bits per heavy atom. The van der Waals surface area contributed by atoms with Crippen molar-refractivity contribution in [1.82, 2.24) is 14.2 Å². The van der Waals surface area contributed by atoms with Gasteiger partial charge in [0.15, 0.2) is 0 Å². The normalized spacial score (nSPS) is 16.0. The molecular weight excluding hydrogens is 564 g/mol. The lowest BCUT2D eigenvalue weighted by Gasteiger charge is -2.44. The van der Waals surface area contributed by atoms with Crippen LogP contribution < -0.4 is 16.2 Å². The van der Waals surface area contributed by atoms with E-state index in [9.17, 15) is 27.3 Å². The number of nitriles is 1. The van der Waals surface area contributed by atoms with E-state index in [1.165, 1.54) is 62.8 Å². The number of nitrogens with zero attached hydrogens (tertiary/aromatic N) is 3. The molecule has 1 aliphatic rings. The van der Waals surface area contributed by atoms with Crippen molar-refractivity contribution in [3.8, 4) is 6.07 Å². The number of sulfonamides is 1. The maximum absolute atomic E-state index is 14.4. The molecule has 1 aromatic heterocycles. The molecule has 10 nitrogen and oxygen atoms in total. The molecule has 1 unspecified atom stereocenters. The van der Waals surface area contributed by atoms with Gasteiger partial charge in [0.1, 0.15) is 23.0 Å². The number of hydrogen-bond acceptors (Lipinski definition) is 7. The lowest BCUT2D eigenvalue weighted by molar-refractivity contribution is 0.130. The molecule has 1 atom stereocenters. The third kappa shape index (κ3) is 6.35. The van der Waals surface area contributed by atoms with Crippen molar-refractivity contribution in [3.63, 3.8) is 0 Å². The van der Waals surface area contributed by atoms with Crippen molar-refractivity contribution in [2.45, 2.75) is 42.7 Å². The van der Waals surface area contributed by atoms with Crippen molar-refractivity contribution < 1.29 is 17.2 Å². The van der Waals surface area contributed by atoms with Crippen molar-refractivity contribution in [2.75, 3.05) is 37.8 Å². The van der Waals surface area contributed by atoms with Crippen LogP contribution in [0.2, 0.25) is 0 Å². The van der Waals surface area contributed by atoms with Gasteiger partial charge < -0.3 is 15.6 Å². The van der Waals surface area contributed by atoms with Crippen molar-refractivity contribution >= 4 is 27.2 Å². The summed E-state index contributed by atoms with van der Waals surface area (Å²) < 4.78 is 54.7. The number of piperidine rings is 1. The average molecular weight is 598 g/mol. The molecule has 0 radical (unpaired) electrons. The van der Waals surface area contributed by atoms with Crippen LogP contribution in [0.1, 0.15) is 43.4 Å². The number of hydrogen-bond donors (Lipinski definition) is 4. The van der Waals surface area contributed by atoms with Gasteiger partial charge in [-0.3, -0.25) is 15.1 Å². The molecule has 1 fully saturated rings. The summed E-state index contributed by atoms with van der Waals surface area (Å²) in [7, 11) is -0.765. The number of likely N-dealkylation sites (tertiary alicyclic amines) is 1. The average Bonchev–Trinajstić information content (AvgIpc) is 2.93. The topological polar surface area (TPSA) is 145 Å². The van der Waals surface area contributed by atoms with Gasteiger partial charge in [-0.25, -0.2) is 21.5 Å². The van der Waals surface area contributed by atoms with Gasteiger partial charge in [-0.05, 0) is 62.2 Å². The van der Waals surface area contributed by atoms with E-state index in [0.29, 0.717) is 37.3 Å². The first-order chi connectivity index (χ1) is 19.9. The van der Waals surface area contributed by atoms with Crippen LogP contribution in [0.5, 0.6) is 0 Å². The van der Waals surface area contributed by atoms with E-state index in [0.717, 1.165) is 4.31 Å². The summed E-state index contributed by atoms with van der Waals surface area (Å²) in [6.07, 6.45) is 2.46. The standard InChI is InChI=1S/C29H33F2N7O3S/c1-19(25-22(30)5-4-6-23(25)31)38-17-13-29(12-15-32,14-18-38)36-24-11-16-34-28(39)26(24)27(33)35-20-7-9-21(10-8-20)42(40,41)37(2)3/h4-11,16,19H,12-14,17-18H2,1-3H3,(H2,33,35)(H2,34,36,39). The van der Waals surface area contributed by atoms with Gasteiger partial charge in [0.2, 0.25) is 10.0 Å². The van der Waals surface area contributed by atoms with Gasteiger partial charge in [0.05, 0.1) is 28.6 Å². The molecule has 0 saturated carbocycles. The molecule has 42 heavy (non-hydrogen) atoms. The Morgan fingerprint density at radius 3 is 2.33 bits per heavy atom. The lowest BCUT2D eigenvalue weighted by Crippen LogP contribution is -2.50. The minimum absolute atomic E-state index is 0.00184. The summed E-state index contributed by atoms with van der Waals surface area (Å²) in [5.41, 5.74) is -0.506. The summed E-state index contributed by atoms with van der Waals surface area (Å²) in [4.78, 5) is 17.5. The fraction of sp³-hybridized carbons (Fsp3) is 0.345. The van der Waals surface area contributed by atoms with Gasteiger partial charge >= 0.3 is 0 Å². The summed E-state index contributed by atoms with van der Waals surface area (Å²) >= 11 is 0. The molecule has 4 N–H and O–H groups in total. The van der Waals surface area contributed by atoms with Crippen LogP contribution in [-0.4, -0.2) is 61.2 Å². The third-order valence-electron chi connectivity index (χ3n) is 7.65. The Labute approximate surface area is 243 Å². The van der Waals surface area contributed by atoms with E-state index < -0.39 is 38.8 Å². The predicted molar refractivity (Wildman–Crippen MR) is 157 cm³/mol. The van der Waals surface area contributed by atoms with Gasteiger partial charge in [0.25, 0.3) is 5.56 Å². The number of halogens is 2. The van der Waals surface area contributed by atoms with Gasteiger partial charge in [-0.15, -0.1) is 0 Å². The first-order valence-corrected chi connectivity index (χ1v) is 14.8. The summed E-state index contributed by atoms with van der Waals surface area (Å²) in [6, 6.07) is 12.9. The molecule has 1 saturated heterocycles. The summed E-state index contributed by atoms with van der Waals surface area (Å²) in [6.45, 7) is 2.64. The first kappa shape index (κ1) is 30.8. The zero-order valence-corrected chi connectivity index (χ0v) is 24.4. The number of rotatable bonds is 9. The number of aromatic nitrogens is 1. The van der Waals surface area contributed by atoms with Crippen LogP contribution in [0.15, 0.2) is 64.4 Å². The van der Waals surface area contributed by atoms with Crippen LogP contribution in [-0.2, 0) is 10.0 Å². The van der Waals surface area contributed by atoms with Crippen molar-refractivity contribution in [2.24, 2.45) is 0 Å². The number of pyridine rings is 1. The van der Waals surface area contributed by atoms with Crippen LogP contribution in [0.25, 0.3) is 0 Å². The summed E-state index contributed by atoms with van der Waals surface area (Å²) in [5, 5.41) is 24.5. The molecule has 13 heteroatoms. The van der Waals surface area contributed by atoms with E-state index in [4.69, 9.17) is 5.41 Å². The fourth-order valence-electron chi connectivity index (χ4n) is 5.17. The van der Waals surface area contributed by atoms with E-state index in [2.05, 4.69) is 21.7 Å². The molecule has 222 valence electrons.